The molecule has 1 N–H and O–H groups in total. The van der Waals surface area contributed by atoms with E-state index in [-0.39, 0.29) is 5.91 Å². The number of hydrazone groups is 1. The Morgan fingerprint density at radius 3 is 2.70 bits per heavy atom. The standard InChI is InChI=1S/C15H16BrN3O/c1-10-8-13(9-17-18-12(3)20)11(2)19(10)15-7-5-4-6-14(15)16/h4-9H,1-3H3,(H,18,20). The number of aromatic nitrogens is 1. The van der Waals surface area contributed by atoms with Gasteiger partial charge in [-0.2, -0.15) is 5.10 Å². The van der Waals surface area contributed by atoms with Crippen LogP contribution in [0.15, 0.2) is 39.9 Å². The van der Waals surface area contributed by atoms with Gasteiger partial charge >= 0.3 is 0 Å². The van der Waals surface area contributed by atoms with Gasteiger partial charge in [0, 0.05) is 28.3 Å². The molecule has 0 unspecified atom stereocenters. The summed E-state index contributed by atoms with van der Waals surface area (Å²) in [4.78, 5) is 10.8. The van der Waals surface area contributed by atoms with Crippen LogP contribution in [-0.2, 0) is 4.79 Å². The number of aryl methyl sites for hydroxylation is 1. The maximum Gasteiger partial charge on any atom is 0.236 e. The molecule has 0 fully saturated rings. The van der Waals surface area contributed by atoms with Crippen LogP contribution in [0.25, 0.3) is 5.69 Å². The molecule has 0 saturated carbocycles. The number of nitrogens with one attached hydrogen (secondary N) is 1. The van der Waals surface area contributed by atoms with Crippen LogP contribution in [0, 0.1) is 13.8 Å². The Kier molecular flexibility index (Phi) is 4.39. The molecule has 0 saturated heterocycles. The molecule has 0 atom stereocenters. The Hall–Kier alpha value is -1.88. The van der Waals surface area contributed by atoms with E-state index in [1.165, 1.54) is 6.92 Å². The van der Waals surface area contributed by atoms with E-state index < -0.39 is 0 Å². The second-order valence-electron chi connectivity index (χ2n) is 4.54. The number of para-hydroxylation sites is 1. The normalized spacial score (nSPS) is 11.0. The van der Waals surface area contributed by atoms with E-state index in [0.717, 1.165) is 27.1 Å². The summed E-state index contributed by atoms with van der Waals surface area (Å²) < 4.78 is 3.19. The minimum Gasteiger partial charge on any atom is -0.317 e. The summed E-state index contributed by atoms with van der Waals surface area (Å²) in [7, 11) is 0. The second-order valence-corrected chi connectivity index (χ2v) is 5.39. The number of carbonyl (C=O) groups is 1. The highest BCUT2D eigenvalue weighted by Gasteiger charge is 2.11. The maximum absolute atomic E-state index is 10.8. The number of hydrogen-bond acceptors (Lipinski definition) is 2. The van der Waals surface area contributed by atoms with Gasteiger partial charge in [-0.3, -0.25) is 4.79 Å². The first kappa shape index (κ1) is 14.5. The molecule has 1 heterocycles. The fourth-order valence-corrected chi connectivity index (χ4v) is 2.58. The van der Waals surface area contributed by atoms with Crippen molar-refractivity contribution in [1.82, 2.24) is 9.99 Å². The quantitative estimate of drug-likeness (QED) is 0.679. The Bertz CT molecular complexity index is 674. The van der Waals surface area contributed by atoms with Crippen LogP contribution in [0.1, 0.15) is 23.9 Å². The topological polar surface area (TPSA) is 46.4 Å². The van der Waals surface area contributed by atoms with Crippen molar-refractivity contribution < 1.29 is 4.79 Å². The smallest absolute Gasteiger partial charge is 0.236 e. The van der Waals surface area contributed by atoms with Crippen LogP contribution in [0.2, 0.25) is 0 Å². The lowest BCUT2D eigenvalue weighted by Crippen LogP contribution is -2.12. The Morgan fingerprint density at radius 1 is 1.35 bits per heavy atom. The van der Waals surface area contributed by atoms with E-state index in [9.17, 15) is 4.79 Å². The van der Waals surface area contributed by atoms with Gasteiger partial charge in [0.15, 0.2) is 0 Å². The third-order valence-corrected chi connectivity index (χ3v) is 3.66. The lowest BCUT2D eigenvalue weighted by molar-refractivity contribution is -0.118. The average molecular weight is 334 g/mol. The third-order valence-electron chi connectivity index (χ3n) is 2.99. The summed E-state index contributed by atoms with van der Waals surface area (Å²) in [6.45, 7) is 5.51. The molecule has 1 amide bonds. The molecule has 0 aliphatic heterocycles. The molecule has 1 aromatic carbocycles. The molecule has 5 heteroatoms. The van der Waals surface area contributed by atoms with Crippen molar-refractivity contribution in [2.24, 2.45) is 5.10 Å². The molecule has 4 nitrogen and oxygen atoms in total. The van der Waals surface area contributed by atoms with Gasteiger partial charge in [-0.15, -0.1) is 0 Å². The molecular formula is C15H16BrN3O. The monoisotopic (exact) mass is 333 g/mol. The summed E-state index contributed by atoms with van der Waals surface area (Å²) in [5.74, 6) is -0.180. The van der Waals surface area contributed by atoms with Crippen molar-refractivity contribution in [1.29, 1.82) is 0 Å². The van der Waals surface area contributed by atoms with Crippen LogP contribution in [0.5, 0.6) is 0 Å². The number of nitrogens with zero attached hydrogens (tertiary/aromatic N) is 2. The number of hydrogen-bond donors (Lipinski definition) is 1. The van der Waals surface area contributed by atoms with Crippen molar-refractivity contribution in [3.63, 3.8) is 0 Å². The fourth-order valence-electron chi connectivity index (χ4n) is 2.11. The highest BCUT2D eigenvalue weighted by atomic mass is 79.9. The Labute approximate surface area is 126 Å². The van der Waals surface area contributed by atoms with E-state index in [1.807, 2.05) is 38.1 Å². The molecule has 2 aromatic rings. The molecule has 2 rings (SSSR count). The number of benzene rings is 1. The molecule has 1 aromatic heterocycles. The van der Waals surface area contributed by atoms with Crippen LogP contribution < -0.4 is 5.43 Å². The average Bonchev–Trinajstić information content (AvgIpc) is 2.65. The zero-order valence-electron chi connectivity index (χ0n) is 11.6. The van der Waals surface area contributed by atoms with Crippen LogP contribution in [0.3, 0.4) is 0 Å². The van der Waals surface area contributed by atoms with Gasteiger partial charge in [-0.25, -0.2) is 5.43 Å². The Morgan fingerprint density at radius 2 is 2.05 bits per heavy atom. The largest absolute Gasteiger partial charge is 0.317 e. The first-order valence-electron chi connectivity index (χ1n) is 6.24. The molecule has 0 aliphatic rings. The van der Waals surface area contributed by atoms with Gasteiger partial charge in [0.1, 0.15) is 0 Å². The molecule has 0 bridgehead atoms. The van der Waals surface area contributed by atoms with Crippen molar-refractivity contribution >= 4 is 28.1 Å². The SMILES string of the molecule is CC(=O)NN=Cc1cc(C)n(-c2ccccc2Br)c1C. The second kappa shape index (κ2) is 6.05. The van der Waals surface area contributed by atoms with Crippen LogP contribution >= 0.6 is 15.9 Å². The van der Waals surface area contributed by atoms with Crippen molar-refractivity contribution in [3.8, 4) is 5.69 Å². The molecule has 0 spiro atoms. The first-order valence-corrected chi connectivity index (χ1v) is 7.03. The van der Waals surface area contributed by atoms with E-state index in [2.05, 4.69) is 37.1 Å². The van der Waals surface area contributed by atoms with Gasteiger partial charge in [-0.1, -0.05) is 12.1 Å². The highest BCUT2D eigenvalue weighted by Crippen LogP contribution is 2.25. The summed E-state index contributed by atoms with van der Waals surface area (Å²) in [6, 6.07) is 10.1. The summed E-state index contributed by atoms with van der Waals surface area (Å²) in [6.07, 6.45) is 1.66. The molecule has 20 heavy (non-hydrogen) atoms. The van der Waals surface area contributed by atoms with E-state index in [1.54, 1.807) is 6.21 Å². The third kappa shape index (κ3) is 2.99. The fraction of sp³-hybridized carbons (Fsp3) is 0.200. The predicted molar refractivity (Wildman–Crippen MR) is 84.4 cm³/mol. The van der Waals surface area contributed by atoms with Crippen LogP contribution in [-0.4, -0.2) is 16.7 Å². The van der Waals surface area contributed by atoms with Crippen LogP contribution in [0.4, 0.5) is 0 Å². The van der Waals surface area contributed by atoms with Gasteiger partial charge in [0.05, 0.1) is 11.9 Å². The van der Waals surface area contributed by atoms with Gasteiger partial charge in [0.2, 0.25) is 5.91 Å². The van der Waals surface area contributed by atoms with E-state index >= 15 is 0 Å². The zero-order chi connectivity index (χ0) is 14.7. The zero-order valence-corrected chi connectivity index (χ0v) is 13.2. The first-order chi connectivity index (χ1) is 9.50. The highest BCUT2D eigenvalue weighted by molar-refractivity contribution is 9.10. The number of rotatable bonds is 3. The van der Waals surface area contributed by atoms with Crippen molar-refractivity contribution in [2.75, 3.05) is 0 Å². The Balaban J connectivity index is 2.42. The lowest BCUT2D eigenvalue weighted by Gasteiger charge is -2.11. The number of carbonyl (C=O) groups excluding carboxylic acids is 1. The summed E-state index contributed by atoms with van der Waals surface area (Å²) in [5.41, 5.74) is 6.66. The predicted octanol–water partition coefficient (Wildman–Crippen LogP) is 3.33. The van der Waals surface area contributed by atoms with Crippen molar-refractivity contribution in [2.45, 2.75) is 20.8 Å². The lowest BCUT2D eigenvalue weighted by atomic mass is 10.2. The minimum atomic E-state index is -0.180. The molecular weight excluding hydrogens is 318 g/mol. The van der Waals surface area contributed by atoms with E-state index in [0.29, 0.717) is 0 Å². The van der Waals surface area contributed by atoms with Crippen molar-refractivity contribution in [3.05, 3.63) is 51.8 Å². The summed E-state index contributed by atoms with van der Waals surface area (Å²) >= 11 is 3.57. The maximum atomic E-state index is 10.8. The molecule has 0 aliphatic carbocycles. The molecule has 104 valence electrons. The van der Waals surface area contributed by atoms with Gasteiger partial charge in [0.25, 0.3) is 0 Å². The molecule has 0 radical (unpaired) electrons. The number of amides is 1. The van der Waals surface area contributed by atoms with E-state index in [4.69, 9.17) is 0 Å². The van der Waals surface area contributed by atoms with Gasteiger partial charge < -0.3 is 4.57 Å². The van der Waals surface area contributed by atoms with Gasteiger partial charge in [-0.05, 0) is 48.0 Å². The number of halogens is 1. The minimum absolute atomic E-state index is 0.180. The summed E-state index contributed by atoms with van der Waals surface area (Å²) in [5, 5.41) is 3.92.